The van der Waals surface area contributed by atoms with Crippen LogP contribution in [-0.4, -0.2) is 45.1 Å². The Bertz CT molecular complexity index is 937. The first kappa shape index (κ1) is 18.3. The van der Waals surface area contributed by atoms with Gasteiger partial charge in [0, 0.05) is 50.4 Å². The number of allylic oxidation sites excluding steroid dienone is 1. The van der Waals surface area contributed by atoms with E-state index in [1.807, 2.05) is 24.3 Å². The molecule has 1 saturated heterocycles. The summed E-state index contributed by atoms with van der Waals surface area (Å²) in [6.07, 6.45) is 7.81. The third-order valence-electron chi connectivity index (χ3n) is 5.34. The maximum absolute atomic E-state index is 12.5. The molecule has 4 rings (SSSR count). The Hall–Kier alpha value is -3.09. The molecule has 0 aliphatic carbocycles. The van der Waals surface area contributed by atoms with E-state index >= 15 is 0 Å². The number of para-hydroxylation sites is 2. The molecular weight excluding hydrogens is 352 g/mol. The van der Waals surface area contributed by atoms with Crippen LogP contribution in [0, 0.1) is 5.92 Å². The lowest BCUT2D eigenvalue weighted by Crippen LogP contribution is -2.41. The number of hydrogen-bond donors (Lipinski definition) is 2. The number of aromatic nitrogens is 4. The molecule has 1 aliphatic rings. The Balaban J connectivity index is 1.36. The first-order valence-electron chi connectivity index (χ1n) is 9.82. The Labute approximate surface area is 164 Å². The van der Waals surface area contributed by atoms with Crippen LogP contribution in [0.2, 0.25) is 0 Å². The number of piperidine rings is 1. The SMILES string of the molecule is C=CCn1c(N2CCC(C(=O)NCCc3cnc[nH]3)CC2)nc2ccccc21. The highest BCUT2D eigenvalue weighted by molar-refractivity contribution is 5.80. The molecule has 7 heteroatoms. The maximum atomic E-state index is 12.5. The highest BCUT2D eigenvalue weighted by atomic mass is 16.1. The fraction of sp³-hybridized carbons (Fsp3) is 0.381. The molecular formula is C21H26N6O. The van der Waals surface area contributed by atoms with Crippen molar-refractivity contribution in [3.63, 3.8) is 0 Å². The second kappa shape index (κ2) is 8.29. The lowest BCUT2D eigenvalue weighted by atomic mass is 9.96. The minimum absolute atomic E-state index is 0.0650. The summed E-state index contributed by atoms with van der Waals surface area (Å²) in [6, 6.07) is 8.18. The molecule has 0 spiro atoms. The largest absolute Gasteiger partial charge is 0.355 e. The number of benzene rings is 1. The molecule has 0 atom stereocenters. The second-order valence-corrected chi connectivity index (χ2v) is 7.18. The zero-order chi connectivity index (χ0) is 19.3. The number of nitrogens with one attached hydrogen (secondary N) is 2. The first-order valence-corrected chi connectivity index (χ1v) is 9.82. The molecule has 2 N–H and O–H groups in total. The summed E-state index contributed by atoms with van der Waals surface area (Å²) < 4.78 is 2.20. The molecule has 1 amide bonds. The summed E-state index contributed by atoms with van der Waals surface area (Å²) in [5.74, 6) is 1.19. The van der Waals surface area contributed by atoms with E-state index in [2.05, 4.69) is 37.4 Å². The summed E-state index contributed by atoms with van der Waals surface area (Å²) in [7, 11) is 0. The number of anilines is 1. The third kappa shape index (κ3) is 3.78. The molecule has 3 aromatic rings. The van der Waals surface area contributed by atoms with E-state index in [0.717, 1.165) is 61.6 Å². The number of carbonyl (C=O) groups excluding carboxylic acids is 1. The van der Waals surface area contributed by atoms with Gasteiger partial charge in [0.25, 0.3) is 0 Å². The van der Waals surface area contributed by atoms with E-state index in [-0.39, 0.29) is 11.8 Å². The number of amides is 1. The first-order chi connectivity index (χ1) is 13.8. The average molecular weight is 378 g/mol. The van der Waals surface area contributed by atoms with Gasteiger partial charge in [0.2, 0.25) is 11.9 Å². The highest BCUT2D eigenvalue weighted by Gasteiger charge is 2.27. The van der Waals surface area contributed by atoms with Gasteiger partial charge < -0.3 is 19.8 Å². The number of aromatic amines is 1. The summed E-state index contributed by atoms with van der Waals surface area (Å²) in [4.78, 5) is 26.7. The Morgan fingerprint density at radius 2 is 2.14 bits per heavy atom. The molecule has 146 valence electrons. The van der Waals surface area contributed by atoms with Crippen LogP contribution in [0.15, 0.2) is 49.4 Å². The van der Waals surface area contributed by atoms with Crippen LogP contribution in [-0.2, 0) is 17.8 Å². The van der Waals surface area contributed by atoms with Crippen molar-refractivity contribution in [3.05, 3.63) is 55.1 Å². The zero-order valence-electron chi connectivity index (χ0n) is 16.0. The Kier molecular flexibility index (Phi) is 5.41. The Morgan fingerprint density at radius 3 is 2.89 bits per heavy atom. The van der Waals surface area contributed by atoms with Crippen LogP contribution in [0.4, 0.5) is 5.95 Å². The number of fused-ring (bicyclic) bond motifs is 1. The molecule has 0 bridgehead atoms. The zero-order valence-corrected chi connectivity index (χ0v) is 16.0. The van der Waals surface area contributed by atoms with E-state index in [1.165, 1.54) is 0 Å². The fourth-order valence-corrected chi connectivity index (χ4v) is 3.84. The molecule has 0 saturated carbocycles. The lowest BCUT2D eigenvalue weighted by Gasteiger charge is -2.32. The van der Waals surface area contributed by atoms with E-state index in [9.17, 15) is 4.79 Å². The predicted octanol–water partition coefficient (Wildman–Crippen LogP) is 2.52. The molecule has 1 aromatic carbocycles. The summed E-state index contributed by atoms with van der Waals surface area (Å²) in [5, 5.41) is 3.06. The summed E-state index contributed by atoms with van der Waals surface area (Å²) in [5.41, 5.74) is 3.16. The van der Waals surface area contributed by atoms with Gasteiger partial charge in [0.15, 0.2) is 0 Å². The van der Waals surface area contributed by atoms with Gasteiger partial charge in [-0.25, -0.2) is 9.97 Å². The number of imidazole rings is 2. The molecule has 1 fully saturated rings. The van der Waals surface area contributed by atoms with Crippen molar-refractivity contribution in [2.75, 3.05) is 24.5 Å². The second-order valence-electron chi connectivity index (χ2n) is 7.18. The normalized spacial score (nSPS) is 15.1. The maximum Gasteiger partial charge on any atom is 0.223 e. The van der Waals surface area contributed by atoms with Crippen molar-refractivity contribution in [1.82, 2.24) is 24.8 Å². The van der Waals surface area contributed by atoms with Crippen LogP contribution in [0.5, 0.6) is 0 Å². The van der Waals surface area contributed by atoms with Gasteiger partial charge in [0.05, 0.1) is 17.4 Å². The van der Waals surface area contributed by atoms with E-state index in [0.29, 0.717) is 6.54 Å². The average Bonchev–Trinajstić information content (AvgIpc) is 3.37. The topological polar surface area (TPSA) is 78.8 Å². The Morgan fingerprint density at radius 1 is 1.32 bits per heavy atom. The standard InChI is InChI=1S/C21H26N6O/c1-2-11-27-19-6-4-3-5-18(19)25-21(27)26-12-8-16(9-13-26)20(28)23-10-7-17-14-22-15-24-17/h2-6,14-16H,1,7-13H2,(H,22,24)(H,23,28). The van der Waals surface area contributed by atoms with Gasteiger partial charge in [-0.3, -0.25) is 4.79 Å². The number of hydrogen-bond acceptors (Lipinski definition) is 4. The molecule has 1 aliphatic heterocycles. The number of rotatable bonds is 7. The van der Waals surface area contributed by atoms with Crippen LogP contribution in [0.3, 0.4) is 0 Å². The fourth-order valence-electron chi connectivity index (χ4n) is 3.84. The van der Waals surface area contributed by atoms with Crippen LogP contribution in [0.1, 0.15) is 18.5 Å². The van der Waals surface area contributed by atoms with Crippen molar-refractivity contribution < 1.29 is 4.79 Å². The van der Waals surface area contributed by atoms with Crippen molar-refractivity contribution in [2.45, 2.75) is 25.8 Å². The van der Waals surface area contributed by atoms with E-state index in [1.54, 1.807) is 12.5 Å². The van der Waals surface area contributed by atoms with E-state index < -0.39 is 0 Å². The van der Waals surface area contributed by atoms with Gasteiger partial charge >= 0.3 is 0 Å². The van der Waals surface area contributed by atoms with Gasteiger partial charge in [0.1, 0.15) is 0 Å². The third-order valence-corrected chi connectivity index (χ3v) is 5.34. The molecule has 7 nitrogen and oxygen atoms in total. The minimum Gasteiger partial charge on any atom is -0.355 e. The van der Waals surface area contributed by atoms with Gasteiger partial charge in [-0.2, -0.15) is 0 Å². The summed E-state index contributed by atoms with van der Waals surface area (Å²) in [6.45, 7) is 6.91. The van der Waals surface area contributed by atoms with Gasteiger partial charge in [-0.05, 0) is 25.0 Å². The minimum atomic E-state index is 0.0650. The molecule has 0 unspecified atom stereocenters. The van der Waals surface area contributed by atoms with Crippen LogP contribution in [0.25, 0.3) is 11.0 Å². The quantitative estimate of drug-likeness (QED) is 0.619. The van der Waals surface area contributed by atoms with Crippen LogP contribution >= 0.6 is 0 Å². The highest BCUT2D eigenvalue weighted by Crippen LogP contribution is 2.27. The van der Waals surface area contributed by atoms with Crippen molar-refractivity contribution in [1.29, 1.82) is 0 Å². The van der Waals surface area contributed by atoms with E-state index in [4.69, 9.17) is 4.98 Å². The van der Waals surface area contributed by atoms with Gasteiger partial charge in [-0.1, -0.05) is 18.2 Å². The monoisotopic (exact) mass is 378 g/mol. The molecule has 28 heavy (non-hydrogen) atoms. The molecule has 2 aromatic heterocycles. The van der Waals surface area contributed by atoms with Crippen molar-refractivity contribution in [3.8, 4) is 0 Å². The van der Waals surface area contributed by atoms with Gasteiger partial charge in [-0.15, -0.1) is 6.58 Å². The van der Waals surface area contributed by atoms with Crippen molar-refractivity contribution in [2.24, 2.45) is 5.92 Å². The number of nitrogens with zero attached hydrogens (tertiary/aromatic N) is 4. The van der Waals surface area contributed by atoms with Crippen LogP contribution < -0.4 is 10.2 Å². The smallest absolute Gasteiger partial charge is 0.223 e. The lowest BCUT2D eigenvalue weighted by molar-refractivity contribution is -0.125. The number of carbonyl (C=O) groups is 1. The molecule has 0 radical (unpaired) electrons. The van der Waals surface area contributed by atoms with Crippen molar-refractivity contribution >= 4 is 22.9 Å². The molecule has 3 heterocycles. The number of H-pyrrole nitrogens is 1. The summed E-state index contributed by atoms with van der Waals surface area (Å²) >= 11 is 0. The predicted molar refractivity (Wildman–Crippen MR) is 110 cm³/mol.